The van der Waals surface area contributed by atoms with E-state index in [4.69, 9.17) is 11.6 Å². The lowest BCUT2D eigenvalue weighted by atomic mass is 10.2. The van der Waals surface area contributed by atoms with E-state index in [1.165, 1.54) is 0 Å². The number of carbonyl (C=O) groups excluding carboxylic acids is 1. The van der Waals surface area contributed by atoms with Gasteiger partial charge >= 0.3 is 0 Å². The Hall–Kier alpha value is -0.910. The minimum absolute atomic E-state index is 0.216. The Morgan fingerprint density at radius 2 is 2.05 bits per heavy atom. The standard InChI is InChI=1S/C13H9Br2ClN2O/c1-7-4-9(6-17-12(7)15)18-13(19)10-3-2-8(16)5-11(10)14/h2-6H,1H3,(H,18,19). The fourth-order valence-corrected chi connectivity index (χ4v) is 2.58. The molecule has 0 atom stereocenters. The number of rotatable bonds is 2. The van der Waals surface area contributed by atoms with Crippen molar-refractivity contribution < 1.29 is 4.79 Å². The molecule has 0 fully saturated rings. The second-order valence-electron chi connectivity index (χ2n) is 3.91. The third kappa shape index (κ3) is 3.55. The van der Waals surface area contributed by atoms with Gasteiger partial charge in [0.05, 0.1) is 17.4 Å². The van der Waals surface area contributed by atoms with Crippen LogP contribution in [0.5, 0.6) is 0 Å². The highest BCUT2D eigenvalue weighted by molar-refractivity contribution is 9.10. The minimum atomic E-state index is -0.216. The molecule has 2 aromatic rings. The molecule has 3 nitrogen and oxygen atoms in total. The number of halogens is 3. The van der Waals surface area contributed by atoms with Crippen molar-refractivity contribution in [3.63, 3.8) is 0 Å². The Kier molecular flexibility index (Phi) is 4.60. The molecule has 98 valence electrons. The third-order valence-electron chi connectivity index (χ3n) is 2.45. The van der Waals surface area contributed by atoms with Crippen molar-refractivity contribution in [2.24, 2.45) is 0 Å². The van der Waals surface area contributed by atoms with Crippen molar-refractivity contribution in [3.05, 3.63) is 55.7 Å². The van der Waals surface area contributed by atoms with Crippen molar-refractivity contribution in [2.75, 3.05) is 5.32 Å². The lowest BCUT2D eigenvalue weighted by Gasteiger charge is -2.08. The van der Waals surface area contributed by atoms with E-state index >= 15 is 0 Å². The van der Waals surface area contributed by atoms with Gasteiger partial charge in [0.15, 0.2) is 0 Å². The van der Waals surface area contributed by atoms with Crippen LogP contribution < -0.4 is 5.32 Å². The van der Waals surface area contributed by atoms with Gasteiger partial charge in [0, 0.05) is 9.50 Å². The van der Waals surface area contributed by atoms with Crippen molar-refractivity contribution in [3.8, 4) is 0 Å². The number of aromatic nitrogens is 1. The number of benzene rings is 1. The Bertz CT molecular complexity index is 647. The highest BCUT2D eigenvalue weighted by atomic mass is 79.9. The lowest BCUT2D eigenvalue weighted by molar-refractivity contribution is 0.102. The Morgan fingerprint density at radius 3 is 2.68 bits per heavy atom. The number of carbonyl (C=O) groups is 1. The van der Waals surface area contributed by atoms with Crippen molar-refractivity contribution in [1.82, 2.24) is 4.98 Å². The monoisotopic (exact) mass is 402 g/mol. The summed E-state index contributed by atoms with van der Waals surface area (Å²) in [6.45, 7) is 1.91. The summed E-state index contributed by atoms with van der Waals surface area (Å²) in [4.78, 5) is 16.2. The first-order chi connectivity index (χ1) is 8.97. The summed E-state index contributed by atoms with van der Waals surface area (Å²) in [6.07, 6.45) is 1.60. The van der Waals surface area contributed by atoms with Gasteiger partial charge in [-0.3, -0.25) is 4.79 Å². The van der Waals surface area contributed by atoms with Gasteiger partial charge in [-0.1, -0.05) is 11.6 Å². The zero-order valence-corrected chi connectivity index (χ0v) is 13.8. The second kappa shape index (κ2) is 6.03. The van der Waals surface area contributed by atoms with Gasteiger partial charge in [-0.05, 0) is 68.6 Å². The molecule has 1 aromatic carbocycles. The van der Waals surface area contributed by atoms with Crippen LogP contribution in [0.25, 0.3) is 0 Å². The number of nitrogens with zero attached hydrogens (tertiary/aromatic N) is 1. The molecule has 6 heteroatoms. The normalized spacial score (nSPS) is 10.3. The predicted octanol–water partition coefficient (Wildman–Crippen LogP) is 4.82. The molecule has 0 aliphatic heterocycles. The third-order valence-corrected chi connectivity index (χ3v) is 4.17. The summed E-state index contributed by atoms with van der Waals surface area (Å²) >= 11 is 12.5. The molecule has 0 saturated carbocycles. The quantitative estimate of drug-likeness (QED) is 0.729. The summed E-state index contributed by atoms with van der Waals surface area (Å²) < 4.78 is 1.41. The molecule has 1 heterocycles. The van der Waals surface area contributed by atoms with Crippen LogP contribution in [-0.2, 0) is 0 Å². The zero-order chi connectivity index (χ0) is 14.0. The van der Waals surface area contributed by atoms with E-state index in [0.717, 1.165) is 10.2 Å². The first kappa shape index (κ1) is 14.5. The maximum Gasteiger partial charge on any atom is 0.256 e. The molecular weight excluding hydrogens is 395 g/mol. The molecule has 0 aliphatic carbocycles. The van der Waals surface area contributed by atoms with Crippen LogP contribution in [-0.4, -0.2) is 10.9 Å². The number of hydrogen-bond donors (Lipinski definition) is 1. The van der Waals surface area contributed by atoms with Crippen LogP contribution in [0.15, 0.2) is 39.5 Å². The van der Waals surface area contributed by atoms with Gasteiger partial charge in [0.1, 0.15) is 4.60 Å². The summed E-state index contributed by atoms with van der Waals surface area (Å²) in [6, 6.07) is 6.87. The summed E-state index contributed by atoms with van der Waals surface area (Å²) in [5.41, 5.74) is 2.12. The van der Waals surface area contributed by atoms with Gasteiger partial charge in [-0.15, -0.1) is 0 Å². The van der Waals surface area contributed by atoms with E-state index in [9.17, 15) is 4.79 Å². The van der Waals surface area contributed by atoms with Crippen LogP contribution >= 0.6 is 43.5 Å². The number of aryl methyl sites for hydroxylation is 1. The highest BCUT2D eigenvalue weighted by Gasteiger charge is 2.11. The van der Waals surface area contributed by atoms with E-state index < -0.39 is 0 Å². The number of hydrogen-bond acceptors (Lipinski definition) is 2. The van der Waals surface area contributed by atoms with Crippen molar-refractivity contribution in [2.45, 2.75) is 6.92 Å². The van der Waals surface area contributed by atoms with Gasteiger partial charge in [-0.2, -0.15) is 0 Å². The maximum atomic E-state index is 12.1. The number of amides is 1. The van der Waals surface area contributed by atoms with Crippen LogP contribution in [0.1, 0.15) is 15.9 Å². The zero-order valence-electron chi connectivity index (χ0n) is 9.88. The van der Waals surface area contributed by atoms with Crippen LogP contribution in [0.4, 0.5) is 5.69 Å². The van der Waals surface area contributed by atoms with Gasteiger partial charge in [-0.25, -0.2) is 4.98 Å². The molecule has 1 amide bonds. The number of nitrogens with one attached hydrogen (secondary N) is 1. The minimum Gasteiger partial charge on any atom is -0.321 e. The molecule has 0 saturated heterocycles. The van der Waals surface area contributed by atoms with E-state index in [1.807, 2.05) is 13.0 Å². The van der Waals surface area contributed by atoms with Gasteiger partial charge in [0.2, 0.25) is 0 Å². The van der Waals surface area contributed by atoms with Gasteiger partial charge < -0.3 is 5.32 Å². The fraction of sp³-hybridized carbons (Fsp3) is 0.0769. The molecule has 19 heavy (non-hydrogen) atoms. The predicted molar refractivity (Wildman–Crippen MR) is 83.8 cm³/mol. The first-order valence-electron chi connectivity index (χ1n) is 5.36. The molecule has 0 spiro atoms. The highest BCUT2D eigenvalue weighted by Crippen LogP contribution is 2.23. The Balaban J connectivity index is 2.23. The smallest absolute Gasteiger partial charge is 0.256 e. The largest absolute Gasteiger partial charge is 0.321 e. The topological polar surface area (TPSA) is 42.0 Å². The fourth-order valence-electron chi connectivity index (χ4n) is 1.50. The summed E-state index contributed by atoms with van der Waals surface area (Å²) in [7, 11) is 0. The molecular formula is C13H9Br2ClN2O. The number of anilines is 1. The molecule has 0 radical (unpaired) electrons. The molecule has 2 rings (SSSR count). The molecule has 1 aromatic heterocycles. The Labute approximate surface area is 132 Å². The molecule has 1 N–H and O–H groups in total. The van der Waals surface area contributed by atoms with Crippen LogP contribution in [0.3, 0.4) is 0 Å². The molecule has 0 aliphatic rings. The van der Waals surface area contributed by atoms with Crippen molar-refractivity contribution >= 4 is 55.1 Å². The first-order valence-corrected chi connectivity index (χ1v) is 7.32. The average molecular weight is 404 g/mol. The lowest BCUT2D eigenvalue weighted by Crippen LogP contribution is -2.12. The summed E-state index contributed by atoms with van der Waals surface area (Å²) in [5.74, 6) is -0.216. The Morgan fingerprint density at radius 1 is 1.32 bits per heavy atom. The molecule has 0 unspecified atom stereocenters. The molecule has 0 bridgehead atoms. The summed E-state index contributed by atoms with van der Waals surface area (Å²) in [5, 5.41) is 3.36. The van der Waals surface area contributed by atoms with Crippen LogP contribution in [0.2, 0.25) is 5.02 Å². The van der Waals surface area contributed by atoms with Crippen molar-refractivity contribution in [1.29, 1.82) is 0 Å². The van der Waals surface area contributed by atoms with E-state index in [-0.39, 0.29) is 5.91 Å². The SMILES string of the molecule is Cc1cc(NC(=O)c2ccc(Cl)cc2Br)cnc1Br. The second-order valence-corrected chi connectivity index (χ2v) is 5.95. The van der Waals surface area contributed by atoms with Crippen LogP contribution in [0, 0.1) is 6.92 Å². The van der Waals surface area contributed by atoms with E-state index in [1.54, 1.807) is 24.4 Å². The van der Waals surface area contributed by atoms with Gasteiger partial charge in [0.25, 0.3) is 5.91 Å². The maximum absolute atomic E-state index is 12.1. The van der Waals surface area contributed by atoms with E-state index in [2.05, 4.69) is 42.2 Å². The van der Waals surface area contributed by atoms with E-state index in [0.29, 0.717) is 20.7 Å². The number of pyridine rings is 1. The average Bonchev–Trinajstić information content (AvgIpc) is 2.33.